The third kappa shape index (κ3) is 3.05. The highest BCUT2D eigenvalue weighted by Crippen LogP contribution is 2.18. The maximum absolute atomic E-state index is 13.5. The van der Waals surface area contributed by atoms with Gasteiger partial charge in [-0.2, -0.15) is 10.5 Å². The largest absolute Gasteiger partial charge is 0.322 e. The van der Waals surface area contributed by atoms with Crippen LogP contribution in [0.25, 0.3) is 0 Å². The minimum absolute atomic E-state index is 0.0279. The minimum atomic E-state index is -0.833. The van der Waals surface area contributed by atoms with Crippen LogP contribution in [-0.4, -0.2) is 5.91 Å². The number of benzene rings is 1. The summed E-state index contributed by atoms with van der Waals surface area (Å²) in [5.74, 6) is -2.23. The van der Waals surface area contributed by atoms with Crippen LogP contribution in [0.2, 0.25) is 0 Å². The summed E-state index contributed by atoms with van der Waals surface area (Å²) < 4.78 is 13.5. The number of halogens is 1. The van der Waals surface area contributed by atoms with Crippen molar-refractivity contribution in [1.82, 2.24) is 0 Å². The first-order valence-electron chi connectivity index (χ1n) is 5.39. The third-order valence-corrected chi connectivity index (χ3v) is 2.44. The third-order valence-electron chi connectivity index (χ3n) is 2.44. The number of carbonyl (C=O) groups is 1. The Kier molecular flexibility index (Phi) is 4.39. The molecule has 0 radical (unpaired) electrons. The molecule has 1 N–H and O–H groups in total. The molecule has 0 saturated heterocycles. The molecule has 0 spiro atoms. The maximum atomic E-state index is 13.5. The predicted molar refractivity (Wildman–Crippen MR) is 63.7 cm³/mol. The van der Waals surface area contributed by atoms with E-state index in [4.69, 9.17) is 10.5 Å². The predicted octanol–water partition coefficient (Wildman–Crippen LogP) is 2.43. The van der Waals surface area contributed by atoms with Crippen molar-refractivity contribution in [2.75, 3.05) is 5.32 Å². The summed E-state index contributed by atoms with van der Waals surface area (Å²) in [5.41, 5.74) is 0.145. The van der Waals surface area contributed by atoms with Crippen molar-refractivity contribution in [1.29, 1.82) is 10.5 Å². The Labute approximate surface area is 105 Å². The zero-order valence-corrected chi connectivity index (χ0v) is 10.1. The van der Waals surface area contributed by atoms with Crippen molar-refractivity contribution < 1.29 is 9.18 Å². The van der Waals surface area contributed by atoms with Gasteiger partial charge < -0.3 is 5.32 Å². The van der Waals surface area contributed by atoms with Crippen molar-refractivity contribution >= 4 is 11.6 Å². The highest BCUT2D eigenvalue weighted by Gasteiger charge is 2.22. The van der Waals surface area contributed by atoms with E-state index in [2.05, 4.69) is 5.32 Å². The molecule has 0 aliphatic carbocycles. The number of nitriles is 2. The Morgan fingerprint density at radius 3 is 2.50 bits per heavy atom. The molecule has 1 aromatic rings. The highest BCUT2D eigenvalue weighted by atomic mass is 19.1. The first-order valence-corrected chi connectivity index (χ1v) is 5.39. The monoisotopic (exact) mass is 245 g/mol. The van der Waals surface area contributed by atoms with Crippen LogP contribution in [-0.2, 0) is 4.79 Å². The van der Waals surface area contributed by atoms with Gasteiger partial charge in [-0.05, 0) is 24.1 Å². The van der Waals surface area contributed by atoms with E-state index in [0.29, 0.717) is 0 Å². The fourth-order valence-corrected chi connectivity index (χ4v) is 1.41. The Hall–Kier alpha value is -2.40. The fourth-order valence-electron chi connectivity index (χ4n) is 1.41. The van der Waals surface area contributed by atoms with Gasteiger partial charge in [0.25, 0.3) is 0 Å². The van der Waals surface area contributed by atoms with Gasteiger partial charge in [0.15, 0.2) is 0 Å². The number of anilines is 1. The minimum Gasteiger partial charge on any atom is -0.322 e. The SMILES string of the molecule is CC(C)C(C#N)C(=O)Nc1ccc(C#N)cc1F. The van der Waals surface area contributed by atoms with Gasteiger partial charge in [0, 0.05) is 0 Å². The van der Waals surface area contributed by atoms with E-state index in [-0.39, 0.29) is 17.2 Å². The standard InChI is InChI=1S/C13H12FN3O/c1-8(2)10(7-16)13(18)17-12-4-3-9(6-15)5-11(12)14/h3-5,8,10H,1-2H3,(H,17,18). The van der Waals surface area contributed by atoms with E-state index in [1.165, 1.54) is 12.1 Å². The maximum Gasteiger partial charge on any atom is 0.242 e. The van der Waals surface area contributed by atoms with Crippen LogP contribution < -0.4 is 5.32 Å². The van der Waals surface area contributed by atoms with Crippen molar-refractivity contribution in [3.63, 3.8) is 0 Å². The van der Waals surface area contributed by atoms with E-state index in [1.54, 1.807) is 19.9 Å². The van der Waals surface area contributed by atoms with Crippen molar-refractivity contribution in [2.45, 2.75) is 13.8 Å². The van der Waals surface area contributed by atoms with Crippen molar-refractivity contribution in [3.8, 4) is 12.1 Å². The Bertz CT molecular complexity index is 540. The molecular formula is C13H12FN3O. The van der Waals surface area contributed by atoms with Crippen LogP contribution in [0.5, 0.6) is 0 Å². The van der Waals surface area contributed by atoms with Crippen molar-refractivity contribution in [2.24, 2.45) is 11.8 Å². The quantitative estimate of drug-likeness (QED) is 0.888. The Morgan fingerprint density at radius 1 is 1.39 bits per heavy atom. The summed E-state index contributed by atoms with van der Waals surface area (Å²) in [7, 11) is 0. The van der Waals surface area contributed by atoms with Crippen LogP contribution in [0.3, 0.4) is 0 Å². The summed E-state index contributed by atoms with van der Waals surface area (Å²) in [6.45, 7) is 3.48. The Balaban J connectivity index is 2.90. The summed E-state index contributed by atoms with van der Waals surface area (Å²) in [6.07, 6.45) is 0. The van der Waals surface area contributed by atoms with E-state index in [9.17, 15) is 9.18 Å². The van der Waals surface area contributed by atoms with Gasteiger partial charge in [-0.15, -0.1) is 0 Å². The number of carbonyl (C=O) groups excluding carboxylic acids is 1. The van der Waals surface area contributed by atoms with E-state index in [1.807, 2.05) is 6.07 Å². The molecule has 0 bridgehead atoms. The van der Waals surface area contributed by atoms with E-state index < -0.39 is 17.6 Å². The summed E-state index contributed by atoms with van der Waals surface area (Å²) in [5, 5.41) is 19.8. The second-order valence-electron chi connectivity index (χ2n) is 4.15. The summed E-state index contributed by atoms with van der Waals surface area (Å²) >= 11 is 0. The van der Waals surface area contributed by atoms with E-state index in [0.717, 1.165) is 6.07 Å². The summed E-state index contributed by atoms with van der Waals surface area (Å²) in [4.78, 5) is 11.7. The number of nitrogens with one attached hydrogen (secondary N) is 1. The van der Waals surface area contributed by atoms with Crippen LogP contribution in [0, 0.1) is 40.3 Å². The Morgan fingerprint density at radius 2 is 2.06 bits per heavy atom. The average molecular weight is 245 g/mol. The normalized spacial score (nSPS) is 11.4. The topological polar surface area (TPSA) is 76.7 Å². The van der Waals surface area contributed by atoms with Gasteiger partial charge in [-0.25, -0.2) is 4.39 Å². The zero-order valence-electron chi connectivity index (χ0n) is 10.1. The molecule has 0 aliphatic rings. The van der Waals surface area contributed by atoms with Gasteiger partial charge >= 0.3 is 0 Å². The molecule has 5 heteroatoms. The first kappa shape index (κ1) is 13.7. The lowest BCUT2D eigenvalue weighted by atomic mass is 9.96. The first-order chi connectivity index (χ1) is 8.49. The molecule has 92 valence electrons. The zero-order chi connectivity index (χ0) is 13.7. The van der Waals surface area contributed by atoms with E-state index >= 15 is 0 Å². The molecule has 1 aromatic carbocycles. The molecule has 4 nitrogen and oxygen atoms in total. The fraction of sp³-hybridized carbons (Fsp3) is 0.308. The van der Waals surface area contributed by atoms with Crippen LogP contribution >= 0.6 is 0 Å². The van der Waals surface area contributed by atoms with Gasteiger partial charge in [-0.3, -0.25) is 4.79 Å². The molecule has 0 aliphatic heterocycles. The molecule has 1 rings (SSSR count). The lowest BCUT2D eigenvalue weighted by molar-refractivity contribution is -0.119. The lowest BCUT2D eigenvalue weighted by Gasteiger charge is -2.13. The number of rotatable bonds is 3. The second kappa shape index (κ2) is 5.79. The average Bonchev–Trinajstić information content (AvgIpc) is 2.32. The number of nitrogens with zero attached hydrogens (tertiary/aromatic N) is 2. The molecule has 0 aromatic heterocycles. The van der Waals surface area contributed by atoms with Gasteiger partial charge in [-0.1, -0.05) is 13.8 Å². The molecule has 1 atom stereocenters. The van der Waals surface area contributed by atoms with Crippen LogP contribution in [0.15, 0.2) is 18.2 Å². The molecule has 0 saturated carbocycles. The van der Waals surface area contributed by atoms with Crippen molar-refractivity contribution in [3.05, 3.63) is 29.6 Å². The number of hydrogen-bond acceptors (Lipinski definition) is 3. The van der Waals surface area contributed by atoms with Gasteiger partial charge in [0.2, 0.25) is 5.91 Å². The van der Waals surface area contributed by atoms with Crippen LogP contribution in [0.4, 0.5) is 10.1 Å². The molecular weight excluding hydrogens is 233 g/mol. The molecule has 0 heterocycles. The van der Waals surface area contributed by atoms with Gasteiger partial charge in [0.1, 0.15) is 11.7 Å². The van der Waals surface area contributed by atoms with Crippen LogP contribution in [0.1, 0.15) is 19.4 Å². The highest BCUT2D eigenvalue weighted by molar-refractivity contribution is 5.94. The second-order valence-corrected chi connectivity index (χ2v) is 4.15. The smallest absolute Gasteiger partial charge is 0.242 e. The lowest BCUT2D eigenvalue weighted by Crippen LogP contribution is -2.26. The molecule has 1 unspecified atom stereocenters. The van der Waals surface area contributed by atoms with Gasteiger partial charge in [0.05, 0.1) is 23.4 Å². The molecule has 1 amide bonds. The summed E-state index contributed by atoms with van der Waals surface area (Å²) in [6, 6.07) is 7.41. The number of amides is 1. The molecule has 18 heavy (non-hydrogen) atoms. The molecule has 0 fully saturated rings. The number of hydrogen-bond donors (Lipinski definition) is 1.